The van der Waals surface area contributed by atoms with E-state index in [-0.39, 0.29) is 0 Å². The molecule has 1 N–H and O–H groups in total. The van der Waals surface area contributed by atoms with Crippen LogP contribution in [0, 0.1) is 6.92 Å². The summed E-state index contributed by atoms with van der Waals surface area (Å²) in [6.45, 7) is 1.87. The molecule has 0 saturated carbocycles. The van der Waals surface area contributed by atoms with Gasteiger partial charge in [-0.3, -0.25) is 4.98 Å². The number of amidine groups is 1. The quantitative estimate of drug-likeness (QED) is 0.783. The van der Waals surface area contributed by atoms with Gasteiger partial charge in [-0.2, -0.15) is 0 Å². The Bertz CT molecular complexity index is 903. The van der Waals surface area contributed by atoms with Crippen molar-refractivity contribution in [3.05, 3.63) is 72.2 Å². The van der Waals surface area contributed by atoms with Gasteiger partial charge in [0.05, 0.1) is 11.4 Å². The van der Waals surface area contributed by atoms with E-state index in [9.17, 15) is 0 Å². The minimum absolute atomic E-state index is 0.522. The molecule has 0 bridgehead atoms. The first-order valence-electron chi connectivity index (χ1n) is 7.76. The van der Waals surface area contributed by atoms with E-state index in [4.69, 9.17) is 4.74 Å². The van der Waals surface area contributed by atoms with Gasteiger partial charge >= 0.3 is 0 Å². The van der Waals surface area contributed by atoms with Gasteiger partial charge in [0.15, 0.2) is 0 Å². The van der Waals surface area contributed by atoms with Crippen molar-refractivity contribution >= 4 is 17.2 Å². The van der Waals surface area contributed by atoms with Crippen molar-refractivity contribution in [3.8, 4) is 11.6 Å². The number of hydrogen-bond acceptors (Lipinski definition) is 5. The Morgan fingerprint density at radius 2 is 1.75 bits per heavy atom. The predicted octanol–water partition coefficient (Wildman–Crippen LogP) is 4.28. The van der Waals surface area contributed by atoms with E-state index >= 15 is 0 Å². The number of nitrogens with zero attached hydrogens (tertiary/aromatic N) is 3. The Labute approximate surface area is 140 Å². The summed E-state index contributed by atoms with van der Waals surface area (Å²) in [7, 11) is 0. The second-order valence-corrected chi connectivity index (χ2v) is 5.56. The molecule has 4 rings (SSSR count). The lowest BCUT2D eigenvalue weighted by Crippen LogP contribution is -2.11. The molecule has 0 spiro atoms. The highest BCUT2D eigenvalue weighted by molar-refractivity contribution is 6.01. The Morgan fingerprint density at radius 3 is 2.54 bits per heavy atom. The van der Waals surface area contributed by atoms with Crippen LogP contribution < -0.4 is 10.1 Å². The molecule has 5 nitrogen and oxygen atoms in total. The molecule has 0 unspecified atom stereocenters. The van der Waals surface area contributed by atoms with Crippen LogP contribution in [0.25, 0.3) is 0 Å². The molecule has 0 saturated heterocycles. The van der Waals surface area contributed by atoms with Crippen LogP contribution in [0.15, 0.2) is 65.9 Å². The van der Waals surface area contributed by atoms with Gasteiger partial charge in [0.25, 0.3) is 0 Å². The number of nitrogens with one attached hydrogen (secondary N) is 1. The van der Waals surface area contributed by atoms with Crippen molar-refractivity contribution in [3.63, 3.8) is 0 Å². The second-order valence-electron chi connectivity index (χ2n) is 5.56. The molecule has 0 amide bonds. The zero-order valence-electron chi connectivity index (χ0n) is 13.2. The molecule has 2 aromatic carbocycles. The van der Waals surface area contributed by atoms with Crippen molar-refractivity contribution in [2.45, 2.75) is 13.3 Å². The average Bonchev–Trinajstić information content (AvgIpc) is 3.01. The molecule has 5 heteroatoms. The predicted molar refractivity (Wildman–Crippen MR) is 94.1 cm³/mol. The highest BCUT2D eigenvalue weighted by Gasteiger charge is 2.13. The van der Waals surface area contributed by atoms with Crippen molar-refractivity contribution in [1.82, 2.24) is 9.97 Å². The number of fused-ring (bicyclic) bond motifs is 1. The summed E-state index contributed by atoms with van der Waals surface area (Å²) in [6.07, 6.45) is 4.09. The van der Waals surface area contributed by atoms with Gasteiger partial charge in [-0.1, -0.05) is 18.2 Å². The number of aromatic nitrogens is 2. The van der Waals surface area contributed by atoms with Crippen molar-refractivity contribution < 1.29 is 4.74 Å². The monoisotopic (exact) mass is 316 g/mol. The summed E-state index contributed by atoms with van der Waals surface area (Å²) in [5.74, 6) is 2.20. The summed E-state index contributed by atoms with van der Waals surface area (Å²) in [6, 6.07) is 15.9. The first kappa shape index (κ1) is 14.4. The zero-order chi connectivity index (χ0) is 16.4. The van der Waals surface area contributed by atoms with Crippen LogP contribution in [-0.4, -0.2) is 15.8 Å². The van der Waals surface area contributed by atoms with Crippen LogP contribution in [0.2, 0.25) is 0 Å². The Morgan fingerprint density at radius 1 is 0.958 bits per heavy atom. The fourth-order valence-electron chi connectivity index (χ4n) is 2.59. The molecular weight excluding hydrogens is 300 g/mol. The molecule has 1 aliphatic heterocycles. The lowest BCUT2D eigenvalue weighted by atomic mass is 10.1. The molecule has 118 valence electrons. The minimum atomic E-state index is 0.522. The Hall–Kier alpha value is -3.21. The van der Waals surface area contributed by atoms with E-state index in [1.807, 2.05) is 49.4 Å². The summed E-state index contributed by atoms with van der Waals surface area (Å²) in [4.78, 5) is 13.0. The number of hydrogen-bond donors (Lipinski definition) is 1. The number of benzene rings is 2. The topological polar surface area (TPSA) is 59.4 Å². The maximum absolute atomic E-state index is 5.75. The molecular formula is C19H16N4O. The molecule has 0 fully saturated rings. The minimum Gasteiger partial charge on any atom is -0.437 e. The fourth-order valence-corrected chi connectivity index (χ4v) is 2.59. The van der Waals surface area contributed by atoms with E-state index in [0.717, 1.165) is 35.1 Å². The lowest BCUT2D eigenvalue weighted by Gasteiger charge is -2.09. The first-order chi connectivity index (χ1) is 11.8. The van der Waals surface area contributed by atoms with E-state index < -0.39 is 0 Å². The molecule has 2 heterocycles. The average molecular weight is 316 g/mol. The van der Waals surface area contributed by atoms with Crippen LogP contribution in [0.3, 0.4) is 0 Å². The third-order valence-electron chi connectivity index (χ3n) is 3.80. The summed E-state index contributed by atoms with van der Waals surface area (Å²) in [5, 5.41) is 3.36. The molecule has 0 aliphatic carbocycles. The third kappa shape index (κ3) is 2.96. The highest BCUT2D eigenvalue weighted by Crippen LogP contribution is 2.27. The SMILES string of the molecule is Cc1nccnc1Oc1ccc(NC2=Nc3ccccc3C2)cc1. The normalized spacial score (nSPS) is 12.5. The fraction of sp³-hybridized carbons (Fsp3) is 0.105. The standard InChI is InChI=1S/C19H16N4O/c1-13-19(21-11-10-20-13)24-16-8-6-15(7-9-16)22-18-12-14-4-2-3-5-17(14)23-18/h2-11H,12H2,1H3,(H,22,23). The van der Waals surface area contributed by atoms with E-state index in [1.165, 1.54) is 5.56 Å². The number of para-hydroxylation sites is 1. The number of aliphatic imine (C=N–C) groups is 1. The molecule has 0 atom stereocenters. The number of ether oxygens (including phenoxy) is 1. The van der Waals surface area contributed by atoms with E-state index in [2.05, 4.69) is 26.3 Å². The van der Waals surface area contributed by atoms with Gasteiger partial charge in [-0.05, 0) is 42.8 Å². The Balaban J connectivity index is 1.45. The molecule has 1 aromatic heterocycles. The number of rotatable bonds is 3. The van der Waals surface area contributed by atoms with Gasteiger partial charge in [-0.25, -0.2) is 9.98 Å². The summed E-state index contributed by atoms with van der Waals surface area (Å²) in [5.41, 5.74) is 4.03. The van der Waals surface area contributed by atoms with Gasteiger partial charge in [0.1, 0.15) is 11.6 Å². The van der Waals surface area contributed by atoms with Gasteiger partial charge in [-0.15, -0.1) is 0 Å². The lowest BCUT2D eigenvalue weighted by molar-refractivity contribution is 0.455. The smallest absolute Gasteiger partial charge is 0.240 e. The maximum Gasteiger partial charge on any atom is 0.240 e. The van der Waals surface area contributed by atoms with Crippen molar-refractivity contribution in [2.75, 3.05) is 5.32 Å². The van der Waals surface area contributed by atoms with Crippen LogP contribution in [-0.2, 0) is 6.42 Å². The van der Waals surface area contributed by atoms with Gasteiger partial charge in [0.2, 0.25) is 5.88 Å². The van der Waals surface area contributed by atoms with Crippen LogP contribution in [0.1, 0.15) is 11.3 Å². The molecule has 0 radical (unpaired) electrons. The van der Waals surface area contributed by atoms with E-state index in [0.29, 0.717) is 5.88 Å². The van der Waals surface area contributed by atoms with Crippen molar-refractivity contribution in [2.24, 2.45) is 4.99 Å². The molecule has 24 heavy (non-hydrogen) atoms. The zero-order valence-corrected chi connectivity index (χ0v) is 13.2. The summed E-state index contributed by atoms with van der Waals surface area (Å²) >= 11 is 0. The Kier molecular flexibility index (Phi) is 3.67. The maximum atomic E-state index is 5.75. The second kappa shape index (κ2) is 6.12. The van der Waals surface area contributed by atoms with Crippen molar-refractivity contribution in [1.29, 1.82) is 0 Å². The van der Waals surface area contributed by atoms with Crippen LogP contribution in [0.5, 0.6) is 11.6 Å². The van der Waals surface area contributed by atoms with Crippen LogP contribution >= 0.6 is 0 Å². The number of aryl methyl sites for hydroxylation is 1. The largest absolute Gasteiger partial charge is 0.437 e. The molecule has 1 aliphatic rings. The van der Waals surface area contributed by atoms with Gasteiger partial charge < -0.3 is 10.1 Å². The molecule has 3 aromatic rings. The van der Waals surface area contributed by atoms with Crippen LogP contribution in [0.4, 0.5) is 11.4 Å². The van der Waals surface area contributed by atoms with E-state index in [1.54, 1.807) is 12.4 Å². The summed E-state index contributed by atoms with van der Waals surface area (Å²) < 4.78 is 5.75. The van der Waals surface area contributed by atoms with Gasteiger partial charge in [0, 0.05) is 24.5 Å². The third-order valence-corrected chi connectivity index (χ3v) is 3.80. The highest BCUT2D eigenvalue weighted by atomic mass is 16.5. The number of anilines is 1. The first-order valence-corrected chi connectivity index (χ1v) is 7.76.